The maximum Gasteiger partial charge on any atom is 0.335 e. The molecule has 1 saturated carbocycles. The summed E-state index contributed by atoms with van der Waals surface area (Å²) < 4.78 is 113. The van der Waals surface area contributed by atoms with Crippen molar-refractivity contribution in [1.82, 2.24) is 4.31 Å². The van der Waals surface area contributed by atoms with E-state index >= 15 is 4.39 Å². The lowest BCUT2D eigenvalue weighted by atomic mass is 9.84. The molecule has 0 radical (unpaired) electrons. The Morgan fingerprint density at radius 1 is 0.800 bits per heavy atom. The van der Waals surface area contributed by atoms with Crippen molar-refractivity contribution in [3.8, 4) is 0 Å². The van der Waals surface area contributed by atoms with Crippen molar-refractivity contribution in [2.75, 3.05) is 11.4 Å². The molecule has 0 spiro atoms. The molecule has 0 unspecified atom stereocenters. The summed E-state index contributed by atoms with van der Waals surface area (Å²) in [6.45, 7) is -0.803. The predicted octanol–water partition coefficient (Wildman–Crippen LogP) is 6.65. The summed E-state index contributed by atoms with van der Waals surface area (Å²) in [5.41, 5.74) is 0.777. The van der Waals surface area contributed by atoms with Gasteiger partial charge in [-0.05, 0) is 60.9 Å². The van der Waals surface area contributed by atoms with E-state index in [1.807, 2.05) is 12.1 Å². The Balaban J connectivity index is 1.52. The van der Waals surface area contributed by atoms with Gasteiger partial charge in [-0.3, -0.25) is 4.79 Å². The van der Waals surface area contributed by atoms with E-state index in [0.717, 1.165) is 54.7 Å². The average molecular weight is 655 g/mol. The smallest absolute Gasteiger partial charge is 0.335 e. The highest BCUT2D eigenvalue weighted by atomic mass is 32.2. The van der Waals surface area contributed by atoms with Gasteiger partial charge in [-0.25, -0.2) is 39.6 Å². The molecule has 0 bridgehead atoms. The lowest BCUT2D eigenvalue weighted by Gasteiger charge is -2.30. The summed E-state index contributed by atoms with van der Waals surface area (Å²) in [6.07, 6.45) is 5.20. The van der Waals surface area contributed by atoms with Crippen molar-refractivity contribution >= 4 is 27.6 Å². The molecule has 14 heteroatoms. The second kappa shape index (κ2) is 12.8. The Bertz CT molecular complexity index is 1720. The summed E-state index contributed by atoms with van der Waals surface area (Å²) in [6, 6.07) is 8.28. The van der Waals surface area contributed by atoms with Crippen LogP contribution in [-0.2, 0) is 21.4 Å². The lowest BCUT2D eigenvalue weighted by molar-refractivity contribution is -0.121. The molecular weight excluding hydrogens is 626 g/mol. The number of anilines is 1. The third kappa shape index (κ3) is 6.17. The van der Waals surface area contributed by atoms with Gasteiger partial charge in [0.25, 0.3) is 0 Å². The van der Waals surface area contributed by atoms with Crippen LogP contribution in [0.5, 0.6) is 0 Å². The van der Waals surface area contributed by atoms with Gasteiger partial charge in [0.05, 0.1) is 17.8 Å². The van der Waals surface area contributed by atoms with Gasteiger partial charge in [0.1, 0.15) is 11.9 Å². The van der Waals surface area contributed by atoms with Crippen LogP contribution in [0, 0.1) is 34.9 Å². The second-order valence-corrected chi connectivity index (χ2v) is 13.0. The molecule has 2 fully saturated rings. The minimum atomic E-state index is -5.47. The summed E-state index contributed by atoms with van der Waals surface area (Å²) in [5.74, 6) is -15.9. The molecule has 1 N–H and O–H groups in total. The van der Waals surface area contributed by atoms with Gasteiger partial charge in [-0.15, -0.1) is 0 Å². The Hall–Kier alpha value is -3.91. The highest BCUT2D eigenvalue weighted by Crippen LogP contribution is 2.36. The van der Waals surface area contributed by atoms with Gasteiger partial charge < -0.3 is 10.0 Å². The number of carbonyl (C=O) groups excluding carboxylic acids is 1. The van der Waals surface area contributed by atoms with Crippen LogP contribution in [0.3, 0.4) is 0 Å². The van der Waals surface area contributed by atoms with E-state index < -0.39 is 85.5 Å². The monoisotopic (exact) mass is 654 g/mol. The number of hydrogen-bond donors (Lipinski definition) is 1. The van der Waals surface area contributed by atoms with E-state index in [4.69, 9.17) is 0 Å². The van der Waals surface area contributed by atoms with E-state index in [1.165, 1.54) is 0 Å². The van der Waals surface area contributed by atoms with Gasteiger partial charge in [-0.1, -0.05) is 43.5 Å². The van der Waals surface area contributed by atoms with Crippen LogP contribution < -0.4 is 4.90 Å². The molecule has 7 nitrogen and oxygen atoms in total. The molecule has 240 valence electrons. The zero-order valence-electron chi connectivity index (χ0n) is 23.7. The first-order valence-electron chi connectivity index (χ1n) is 14.3. The first-order valence-corrected chi connectivity index (χ1v) is 15.7. The zero-order valence-corrected chi connectivity index (χ0v) is 24.5. The van der Waals surface area contributed by atoms with Crippen LogP contribution in [0.1, 0.15) is 72.3 Å². The Morgan fingerprint density at radius 2 is 1.40 bits per heavy atom. The molecule has 45 heavy (non-hydrogen) atoms. The number of carbonyl (C=O) groups is 2. The van der Waals surface area contributed by atoms with Crippen LogP contribution in [0.2, 0.25) is 0 Å². The van der Waals surface area contributed by atoms with Gasteiger partial charge >= 0.3 is 5.97 Å². The van der Waals surface area contributed by atoms with Crippen LogP contribution in [0.4, 0.5) is 32.0 Å². The first kappa shape index (κ1) is 32.5. The van der Waals surface area contributed by atoms with E-state index in [0.29, 0.717) is 21.9 Å². The Labute approximate surface area is 255 Å². The van der Waals surface area contributed by atoms with Crippen LogP contribution in [-0.4, -0.2) is 42.3 Å². The maximum absolute atomic E-state index is 15.3. The highest BCUT2D eigenvalue weighted by molar-refractivity contribution is 7.89. The van der Waals surface area contributed by atoms with Gasteiger partial charge in [0.15, 0.2) is 28.2 Å². The number of benzene rings is 3. The highest BCUT2D eigenvalue weighted by Gasteiger charge is 2.45. The third-order valence-corrected chi connectivity index (χ3v) is 10.3. The normalized spacial score (nSPS) is 17.9. The molecule has 1 aliphatic heterocycles. The minimum Gasteiger partial charge on any atom is -0.478 e. The van der Waals surface area contributed by atoms with Crippen LogP contribution in [0.15, 0.2) is 47.4 Å². The van der Waals surface area contributed by atoms with E-state index in [-0.39, 0.29) is 19.4 Å². The molecule has 3 aromatic carbocycles. The topological polar surface area (TPSA) is 95.0 Å². The molecule has 3 aromatic rings. The molecule has 2 aliphatic rings. The molecule has 1 saturated heterocycles. The first-order chi connectivity index (χ1) is 21.3. The molecule has 0 aromatic heterocycles. The molecular formula is C31H28F6N2O5S. The summed E-state index contributed by atoms with van der Waals surface area (Å²) in [5, 5.41) is 9.26. The fourth-order valence-electron chi connectivity index (χ4n) is 6.04. The summed E-state index contributed by atoms with van der Waals surface area (Å²) in [4.78, 5) is 24.2. The van der Waals surface area contributed by atoms with Crippen molar-refractivity contribution in [1.29, 1.82) is 0 Å². The zero-order chi connectivity index (χ0) is 32.6. The number of sulfonamides is 1. The van der Waals surface area contributed by atoms with Crippen molar-refractivity contribution in [2.24, 2.45) is 0 Å². The van der Waals surface area contributed by atoms with Gasteiger partial charge in [-0.2, -0.15) is 4.31 Å². The quantitative estimate of drug-likeness (QED) is 0.167. The minimum absolute atomic E-state index is 0.0185. The van der Waals surface area contributed by atoms with Crippen molar-refractivity contribution in [3.63, 3.8) is 0 Å². The average Bonchev–Trinajstić information content (AvgIpc) is 3.54. The third-order valence-electron chi connectivity index (χ3n) is 8.37. The van der Waals surface area contributed by atoms with Gasteiger partial charge in [0, 0.05) is 6.54 Å². The number of aromatic carboxylic acids is 1. The number of hydrogen-bond acceptors (Lipinski definition) is 4. The fourth-order valence-corrected chi connectivity index (χ4v) is 7.80. The SMILES string of the molecule is O=C(O)c1ccc(N(Cc2ccc(C3CCCCC3)cc2)C(=O)[C@@H]2CCCN2S(=O)(=O)c2c(F)c(F)c(F)c(F)c2F)c(F)c1. The second-order valence-electron chi connectivity index (χ2n) is 11.1. The number of carboxylic acids is 1. The maximum atomic E-state index is 15.3. The number of amides is 1. The number of nitrogens with zero attached hydrogens (tertiary/aromatic N) is 2. The van der Waals surface area contributed by atoms with Crippen molar-refractivity contribution < 1.29 is 49.5 Å². The summed E-state index contributed by atoms with van der Waals surface area (Å²) >= 11 is 0. The standard InChI is InChI=1S/C31H28F6N2O5S/c32-21-15-20(31(41)42)12-13-22(21)38(16-17-8-10-19(11-9-17)18-5-2-1-3-6-18)30(40)23-7-4-14-39(23)45(43,44)29-27(36)25(34)24(33)26(35)28(29)37/h8-13,15,18,23H,1-7,14,16H2,(H,41,42)/t23-/m0/s1. The molecule has 1 aliphatic carbocycles. The predicted molar refractivity (Wildman–Crippen MR) is 150 cm³/mol. The van der Waals surface area contributed by atoms with Crippen molar-refractivity contribution in [3.05, 3.63) is 94.1 Å². The molecule has 1 atom stereocenters. The number of halogens is 6. The molecule has 1 heterocycles. The van der Waals surface area contributed by atoms with E-state index in [1.54, 1.807) is 12.1 Å². The van der Waals surface area contributed by atoms with E-state index in [2.05, 4.69) is 0 Å². The fraction of sp³-hybridized carbons (Fsp3) is 0.355. The van der Waals surface area contributed by atoms with Crippen LogP contribution in [0.25, 0.3) is 0 Å². The van der Waals surface area contributed by atoms with E-state index in [9.17, 15) is 45.1 Å². The molecule has 5 rings (SSSR count). The Kier molecular flexibility index (Phi) is 9.26. The number of rotatable bonds is 8. The Morgan fingerprint density at radius 3 is 1.98 bits per heavy atom. The lowest BCUT2D eigenvalue weighted by Crippen LogP contribution is -2.48. The van der Waals surface area contributed by atoms with Crippen molar-refractivity contribution in [2.45, 2.75) is 68.3 Å². The van der Waals surface area contributed by atoms with Gasteiger partial charge in [0.2, 0.25) is 21.7 Å². The largest absolute Gasteiger partial charge is 0.478 e. The number of carboxylic acid groups (broad SMARTS) is 1. The van der Waals surface area contributed by atoms with Crippen LogP contribution >= 0.6 is 0 Å². The summed E-state index contributed by atoms with van der Waals surface area (Å²) in [7, 11) is -5.47. The molecule has 1 amide bonds.